The number of carbonyl (C=O) groups is 3. The molecule has 0 aliphatic carbocycles. The van der Waals surface area contributed by atoms with Gasteiger partial charge in [-0.2, -0.15) is 0 Å². The molecule has 5 heteroatoms. The molecule has 0 radical (unpaired) electrons. The number of hydrogen-bond donors (Lipinski definition) is 1. The van der Waals surface area contributed by atoms with Gasteiger partial charge in [-0.05, 0) is 29.5 Å². The minimum Gasteiger partial charge on any atom is -0.461 e. The molecule has 0 fully saturated rings. The molecular formula is C19H23NO4. The number of benzene rings is 1. The van der Waals surface area contributed by atoms with Crippen LogP contribution in [-0.2, 0) is 38.6 Å². The highest BCUT2D eigenvalue weighted by molar-refractivity contribution is 6.17. The van der Waals surface area contributed by atoms with Crippen molar-refractivity contribution in [3.8, 4) is 0 Å². The summed E-state index contributed by atoms with van der Waals surface area (Å²) >= 11 is 0. The van der Waals surface area contributed by atoms with Crippen LogP contribution < -0.4 is 5.32 Å². The molecule has 0 aromatic heterocycles. The van der Waals surface area contributed by atoms with E-state index in [0.29, 0.717) is 0 Å². The van der Waals surface area contributed by atoms with E-state index in [9.17, 15) is 14.4 Å². The van der Waals surface area contributed by atoms with E-state index < -0.39 is 17.8 Å². The summed E-state index contributed by atoms with van der Waals surface area (Å²) in [4.78, 5) is 34.4. The van der Waals surface area contributed by atoms with E-state index in [2.05, 4.69) is 37.4 Å². The summed E-state index contributed by atoms with van der Waals surface area (Å²) in [5.74, 6) is -1.52. The van der Waals surface area contributed by atoms with Crippen molar-refractivity contribution < 1.29 is 19.1 Å². The molecular weight excluding hydrogens is 306 g/mol. The van der Waals surface area contributed by atoms with Gasteiger partial charge in [0.15, 0.2) is 0 Å². The van der Waals surface area contributed by atoms with Gasteiger partial charge in [-0.25, -0.2) is 0 Å². The van der Waals surface area contributed by atoms with Gasteiger partial charge < -0.3 is 4.74 Å². The third-order valence-electron chi connectivity index (χ3n) is 3.76. The van der Waals surface area contributed by atoms with E-state index in [-0.39, 0.29) is 18.6 Å². The SMILES string of the molecule is CCCc1cc(CCC)cc(COC(=O)CC2=CC(=O)NC2=O)c1. The average Bonchev–Trinajstić information content (AvgIpc) is 2.83. The third kappa shape index (κ3) is 5.05. The Hall–Kier alpha value is -2.43. The zero-order valence-corrected chi connectivity index (χ0v) is 14.2. The van der Waals surface area contributed by atoms with Crippen LogP contribution in [0.25, 0.3) is 0 Å². The molecule has 1 aliphatic rings. The Bertz CT molecular complexity index is 652. The molecule has 1 heterocycles. The maximum absolute atomic E-state index is 11.9. The minimum absolute atomic E-state index is 0.149. The number of hydrogen-bond acceptors (Lipinski definition) is 4. The van der Waals surface area contributed by atoms with Crippen LogP contribution in [0.3, 0.4) is 0 Å². The van der Waals surface area contributed by atoms with Crippen LogP contribution in [0.5, 0.6) is 0 Å². The topological polar surface area (TPSA) is 72.5 Å². The molecule has 5 nitrogen and oxygen atoms in total. The number of aryl methyl sites for hydroxylation is 2. The van der Waals surface area contributed by atoms with Crippen LogP contribution in [0.2, 0.25) is 0 Å². The van der Waals surface area contributed by atoms with E-state index in [4.69, 9.17) is 4.74 Å². The molecule has 0 bridgehead atoms. The average molecular weight is 329 g/mol. The fourth-order valence-electron chi connectivity index (χ4n) is 2.74. The van der Waals surface area contributed by atoms with Gasteiger partial charge in [0.25, 0.3) is 11.8 Å². The lowest BCUT2D eigenvalue weighted by atomic mass is 10.0. The molecule has 0 saturated carbocycles. The van der Waals surface area contributed by atoms with Crippen molar-refractivity contribution in [1.82, 2.24) is 5.32 Å². The summed E-state index contributed by atoms with van der Waals surface area (Å²) in [5.41, 5.74) is 3.60. The van der Waals surface area contributed by atoms with Crippen molar-refractivity contribution in [1.29, 1.82) is 0 Å². The van der Waals surface area contributed by atoms with E-state index in [1.165, 1.54) is 11.1 Å². The Morgan fingerprint density at radius 2 is 1.58 bits per heavy atom. The van der Waals surface area contributed by atoms with Crippen molar-refractivity contribution in [2.24, 2.45) is 0 Å². The van der Waals surface area contributed by atoms with Gasteiger partial charge in [-0.1, -0.05) is 44.9 Å². The first-order valence-electron chi connectivity index (χ1n) is 8.35. The Balaban J connectivity index is 1.97. The number of amides is 2. The molecule has 128 valence electrons. The molecule has 1 aromatic rings. The summed E-state index contributed by atoms with van der Waals surface area (Å²) in [6, 6.07) is 6.32. The fraction of sp³-hybridized carbons (Fsp3) is 0.421. The number of ether oxygens (including phenoxy) is 1. The third-order valence-corrected chi connectivity index (χ3v) is 3.76. The molecule has 2 rings (SSSR count). The second kappa shape index (κ2) is 8.43. The van der Waals surface area contributed by atoms with E-state index in [0.717, 1.165) is 37.3 Å². The summed E-state index contributed by atoms with van der Waals surface area (Å²) in [5, 5.41) is 2.11. The first-order valence-corrected chi connectivity index (χ1v) is 8.35. The summed E-state index contributed by atoms with van der Waals surface area (Å²) in [6.45, 7) is 4.44. The van der Waals surface area contributed by atoms with Crippen LogP contribution in [0.1, 0.15) is 49.8 Å². The second-order valence-electron chi connectivity index (χ2n) is 5.98. The van der Waals surface area contributed by atoms with E-state index in [1.54, 1.807) is 0 Å². The van der Waals surface area contributed by atoms with E-state index >= 15 is 0 Å². The fourth-order valence-corrected chi connectivity index (χ4v) is 2.74. The van der Waals surface area contributed by atoms with Gasteiger partial charge in [0.05, 0.1) is 6.42 Å². The highest BCUT2D eigenvalue weighted by atomic mass is 16.5. The van der Waals surface area contributed by atoms with Gasteiger partial charge in [-0.15, -0.1) is 0 Å². The second-order valence-corrected chi connectivity index (χ2v) is 5.98. The van der Waals surface area contributed by atoms with Crippen LogP contribution >= 0.6 is 0 Å². The lowest BCUT2D eigenvalue weighted by Crippen LogP contribution is -2.23. The number of esters is 1. The molecule has 0 atom stereocenters. The van der Waals surface area contributed by atoms with Crippen LogP contribution in [-0.4, -0.2) is 17.8 Å². The Kier molecular flexibility index (Phi) is 6.29. The van der Waals surface area contributed by atoms with Crippen LogP contribution in [0.15, 0.2) is 29.8 Å². The minimum atomic E-state index is -0.521. The van der Waals surface area contributed by atoms with Gasteiger partial charge in [0, 0.05) is 11.6 Å². The first-order chi connectivity index (χ1) is 11.5. The smallest absolute Gasteiger partial charge is 0.310 e. The van der Waals surface area contributed by atoms with Crippen LogP contribution in [0, 0.1) is 0 Å². The monoisotopic (exact) mass is 329 g/mol. The van der Waals surface area contributed by atoms with Crippen molar-refractivity contribution in [3.05, 3.63) is 46.5 Å². The molecule has 2 amide bonds. The predicted octanol–water partition coefficient (Wildman–Crippen LogP) is 2.61. The van der Waals surface area contributed by atoms with Crippen LogP contribution in [0.4, 0.5) is 0 Å². The zero-order chi connectivity index (χ0) is 17.5. The number of nitrogens with one attached hydrogen (secondary N) is 1. The molecule has 0 saturated heterocycles. The Morgan fingerprint density at radius 3 is 2.08 bits per heavy atom. The van der Waals surface area contributed by atoms with Gasteiger partial charge >= 0.3 is 5.97 Å². The van der Waals surface area contributed by atoms with Crippen molar-refractivity contribution >= 4 is 17.8 Å². The van der Waals surface area contributed by atoms with Gasteiger partial charge in [0.2, 0.25) is 0 Å². The number of imide groups is 1. The Morgan fingerprint density at radius 1 is 1.00 bits per heavy atom. The van der Waals surface area contributed by atoms with Crippen molar-refractivity contribution in [3.63, 3.8) is 0 Å². The molecule has 24 heavy (non-hydrogen) atoms. The maximum Gasteiger partial charge on any atom is 0.310 e. The molecule has 1 aromatic carbocycles. The van der Waals surface area contributed by atoms with Gasteiger partial charge in [-0.3, -0.25) is 19.7 Å². The Labute approximate surface area is 142 Å². The van der Waals surface area contributed by atoms with Crippen molar-refractivity contribution in [2.75, 3.05) is 0 Å². The largest absolute Gasteiger partial charge is 0.461 e. The summed E-state index contributed by atoms with van der Waals surface area (Å²) in [6.07, 6.45) is 5.07. The predicted molar refractivity (Wildman–Crippen MR) is 90.1 cm³/mol. The zero-order valence-electron chi connectivity index (χ0n) is 14.2. The first kappa shape index (κ1) is 17.9. The lowest BCUT2D eigenvalue weighted by molar-refractivity contribution is -0.144. The quantitative estimate of drug-likeness (QED) is 0.588. The molecule has 1 N–H and O–H groups in total. The highest BCUT2D eigenvalue weighted by Crippen LogP contribution is 2.16. The normalized spacial score (nSPS) is 13.7. The van der Waals surface area contributed by atoms with Gasteiger partial charge in [0.1, 0.15) is 6.61 Å². The summed E-state index contributed by atoms with van der Waals surface area (Å²) < 4.78 is 5.27. The van der Waals surface area contributed by atoms with Crippen molar-refractivity contribution in [2.45, 2.75) is 52.6 Å². The highest BCUT2D eigenvalue weighted by Gasteiger charge is 2.23. The summed E-state index contributed by atoms with van der Waals surface area (Å²) in [7, 11) is 0. The number of carbonyl (C=O) groups excluding carboxylic acids is 3. The molecule has 0 unspecified atom stereocenters. The lowest BCUT2D eigenvalue weighted by Gasteiger charge is -2.10. The number of rotatable bonds is 8. The standard InChI is InChI=1S/C19H23NO4/c1-3-5-13-7-14(6-4-2)9-15(8-13)12-24-18(22)11-16-10-17(21)20-19(16)23/h7-10H,3-6,11-12H2,1-2H3,(H,20,21,23). The van der Waals surface area contributed by atoms with E-state index in [1.807, 2.05) is 0 Å². The molecule has 0 spiro atoms. The molecule has 1 aliphatic heterocycles. The maximum atomic E-state index is 11.9.